The Balaban J connectivity index is 2.00. The number of nitrogens with zero attached hydrogens (tertiary/aromatic N) is 1. The number of hydrogen-bond donors (Lipinski definition) is 2. The Morgan fingerprint density at radius 3 is 2.62 bits per heavy atom. The lowest BCUT2D eigenvalue weighted by Gasteiger charge is -2.11. The third-order valence-electron chi connectivity index (χ3n) is 3.48. The van der Waals surface area contributed by atoms with Gasteiger partial charge in [0.2, 0.25) is 0 Å². The van der Waals surface area contributed by atoms with E-state index in [-0.39, 0.29) is 5.91 Å². The first-order valence-electron chi connectivity index (χ1n) is 7.86. The van der Waals surface area contributed by atoms with Crippen LogP contribution in [0.2, 0.25) is 0 Å². The van der Waals surface area contributed by atoms with Crippen LogP contribution in [0.4, 0.5) is 5.69 Å². The molecule has 128 valence electrons. The van der Waals surface area contributed by atoms with Crippen LogP contribution in [0.1, 0.15) is 29.3 Å². The number of pyridine rings is 1. The molecule has 0 bridgehead atoms. The van der Waals surface area contributed by atoms with Crippen LogP contribution < -0.4 is 20.1 Å². The van der Waals surface area contributed by atoms with E-state index in [1.54, 1.807) is 32.7 Å². The summed E-state index contributed by atoms with van der Waals surface area (Å²) >= 11 is 0. The third-order valence-corrected chi connectivity index (χ3v) is 3.48. The molecule has 1 aromatic heterocycles. The number of amides is 1. The SMILES string of the molecule is CCCNc1cncc(C(=O)NCc2ccc(OC)c(OC)c2)c1. The molecule has 0 aliphatic carbocycles. The third kappa shape index (κ3) is 4.62. The molecule has 0 radical (unpaired) electrons. The van der Waals surface area contributed by atoms with E-state index in [1.807, 2.05) is 18.2 Å². The van der Waals surface area contributed by atoms with E-state index < -0.39 is 0 Å². The van der Waals surface area contributed by atoms with Crippen LogP contribution in [-0.4, -0.2) is 31.7 Å². The van der Waals surface area contributed by atoms with Crippen molar-refractivity contribution in [1.29, 1.82) is 0 Å². The number of hydrogen-bond acceptors (Lipinski definition) is 5. The van der Waals surface area contributed by atoms with Crippen molar-refractivity contribution in [2.75, 3.05) is 26.1 Å². The highest BCUT2D eigenvalue weighted by atomic mass is 16.5. The van der Waals surface area contributed by atoms with Crippen molar-refractivity contribution in [3.05, 3.63) is 47.8 Å². The van der Waals surface area contributed by atoms with Crippen molar-refractivity contribution >= 4 is 11.6 Å². The number of anilines is 1. The van der Waals surface area contributed by atoms with Gasteiger partial charge in [0.1, 0.15) is 0 Å². The average molecular weight is 329 g/mol. The Bertz CT molecular complexity index is 689. The van der Waals surface area contributed by atoms with Gasteiger partial charge in [0.15, 0.2) is 11.5 Å². The first-order valence-corrected chi connectivity index (χ1v) is 7.86. The second-order valence-electron chi connectivity index (χ2n) is 5.26. The minimum atomic E-state index is -0.169. The van der Waals surface area contributed by atoms with E-state index in [2.05, 4.69) is 22.5 Å². The maximum atomic E-state index is 12.3. The molecule has 0 aliphatic rings. The second-order valence-corrected chi connectivity index (χ2v) is 5.26. The molecule has 2 aromatic rings. The predicted molar refractivity (Wildman–Crippen MR) is 93.7 cm³/mol. The molecule has 0 aliphatic heterocycles. The molecule has 0 unspecified atom stereocenters. The van der Waals surface area contributed by atoms with Crippen LogP contribution in [-0.2, 0) is 6.54 Å². The van der Waals surface area contributed by atoms with Crippen molar-refractivity contribution in [3.63, 3.8) is 0 Å². The fourth-order valence-corrected chi connectivity index (χ4v) is 2.21. The highest BCUT2D eigenvalue weighted by molar-refractivity contribution is 5.94. The van der Waals surface area contributed by atoms with Crippen molar-refractivity contribution in [2.45, 2.75) is 19.9 Å². The van der Waals surface area contributed by atoms with Crippen LogP contribution in [0.25, 0.3) is 0 Å². The lowest BCUT2D eigenvalue weighted by Crippen LogP contribution is -2.23. The number of ether oxygens (including phenoxy) is 2. The number of nitrogens with one attached hydrogen (secondary N) is 2. The van der Waals surface area contributed by atoms with E-state index in [4.69, 9.17) is 9.47 Å². The zero-order chi connectivity index (χ0) is 17.4. The summed E-state index contributed by atoms with van der Waals surface area (Å²) in [6.45, 7) is 3.32. The van der Waals surface area contributed by atoms with E-state index in [0.717, 1.165) is 24.2 Å². The quantitative estimate of drug-likeness (QED) is 0.779. The number of rotatable bonds is 8. The minimum absolute atomic E-state index is 0.169. The van der Waals surface area contributed by atoms with Crippen LogP contribution in [0.15, 0.2) is 36.7 Å². The number of methoxy groups -OCH3 is 2. The van der Waals surface area contributed by atoms with Crippen molar-refractivity contribution in [2.24, 2.45) is 0 Å². The first-order chi connectivity index (χ1) is 11.7. The number of carbonyl (C=O) groups is 1. The monoisotopic (exact) mass is 329 g/mol. The van der Waals surface area contributed by atoms with Crippen LogP contribution in [0.3, 0.4) is 0 Å². The van der Waals surface area contributed by atoms with Gasteiger partial charge >= 0.3 is 0 Å². The van der Waals surface area contributed by atoms with Gasteiger partial charge in [-0.2, -0.15) is 0 Å². The van der Waals surface area contributed by atoms with Crippen molar-refractivity contribution in [1.82, 2.24) is 10.3 Å². The highest BCUT2D eigenvalue weighted by Gasteiger charge is 2.09. The molecule has 0 spiro atoms. The van der Waals surface area contributed by atoms with Crippen molar-refractivity contribution < 1.29 is 14.3 Å². The maximum Gasteiger partial charge on any atom is 0.253 e. The fraction of sp³-hybridized carbons (Fsp3) is 0.333. The minimum Gasteiger partial charge on any atom is -0.493 e. The Labute approximate surface area is 142 Å². The van der Waals surface area contributed by atoms with E-state index in [9.17, 15) is 4.79 Å². The van der Waals surface area contributed by atoms with E-state index >= 15 is 0 Å². The van der Waals surface area contributed by atoms with Gasteiger partial charge in [-0.3, -0.25) is 9.78 Å². The molecule has 0 atom stereocenters. The molecule has 0 saturated carbocycles. The molecular weight excluding hydrogens is 306 g/mol. The molecule has 24 heavy (non-hydrogen) atoms. The van der Waals surface area contributed by atoms with E-state index in [1.165, 1.54) is 0 Å². The summed E-state index contributed by atoms with van der Waals surface area (Å²) in [5, 5.41) is 6.10. The van der Waals surface area contributed by atoms with Crippen LogP contribution in [0.5, 0.6) is 11.5 Å². The Morgan fingerprint density at radius 1 is 1.12 bits per heavy atom. The maximum absolute atomic E-state index is 12.3. The summed E-state index contributed by atoms with van der Waals surface area (Å²) in [6, 6.07) is 7.35. The zero-order valence-corrected chi connectivity index (χ0v) is 14.3. The normalized spacial score (nSPS) is 10.1. The Morgan fingerprint density at radius 2 is 1.92 bits per heavy atom. The van der Waals surface area contributed by atoms with Gasteiger partial charge in [-0.25, -0.2) is 0 Å². The molecule has 6 heteroatoms. The summed E-state index contributed by atoms with van der Waals surface area (Å²) in [4.78, 5) is 16.4. The molecule has 1 amide bonds. The van der Waals surface area contributed by atoms with Gasteiger partial charge in [0.25, 0.3) is 5.91 Å². The number of benzene rings is 1. The summed E-state index contributed by atoms with van der Waals surface area (Å²) < 4.78 is 10.5. The smallest absolute Gasteiger partial charge is 0.253 e. The lowest BCUT2D eigenvalue weighted by molar-refractivity contribution is 0.0950. The standard InChI is InChI=1S/C18H23N3O3/c1-4-7-20-15-9-14(11-19-12-15)18(22)21-10-13-5-6-16(23-2)17(8-13)24-3/h5-6,8-9,11-12,20H,4,7,10H2,1-3H3,(H,21,22). The summed E-state index contributed by atoms with van der Waals surface area (Å²) in [5.74, 6) is 1.13. The largest absolute Gasteiger partial charge is 0.493 e. The zero-order valence-electron chi connectivity index (χ0n) is 14.3. The lowest BCUT2D eigenvalue weighted by atomic mass is 10.2. The van der Waals surface area contributed by atoms with Gasteiger partial charge in [-0.15, -0.1) is 0 Å². The van der Waals surface area contributed by atoms with Crippen molar-refractivity contribution in [3.8, 4) is 11.5 Å². The van der Waals surface area contributed by atoms with Gasteiger partial charge in [0.05, 0.1) is 25.5 Å². The van der Waals surface area contributed by atoms with Crippen LogP contribution in [0, 0.1) is 0 Å². The summed E-state index contributed by atoms with van der Waals surface area (Å²) in [5.41, 5.74) is 2.29. The molecule has 2 rings (SSSR count). The van der Waals surface area contributed by atoms with E-state index in [0.29, 0.717) is 23.6 Å². The van der Waals surface area contributed by atoms with Gasteiger partial charge < -0.3 is 20.1 Å². The fourth-order valence-electron chi connectivity index (χ4n) is 2.21. The first kappa shape index (κ1) is 17.6. The summed E-state index contributed by atoms with van der Waals surface area (Å²) in [7, 11) is 3.17. The summed E-state index contributed by atoms with van der Waals surface area (Å²) in [6.07, 6.45) is 4.28. The van der Waals surface area contributed by atoms with Gasteiger partial charge in [-0.1, -0.05) is 13.0 Å². The predicted octanol–water partition coefficient (Wildman–Crippen LogP) is 2.85. The van der Waals surface area contributed by atoms with Gasteiger partial charge in [0, 0.05) is 25.5 Å². The topological polar surface area (TPSA) is 72.5 Å². The van der Waals surface area contributed by atoms with Gasteiger partial charge in [-0.05, 0) is 30.2 Å². The average Bonchev–Trinajstić information content (AvgIpc) is 2.64. The Kier molecular flexibility index (Phi) is 6.42. The molecule has 0 fully saturated rings. The number of aromatic nitrogens is 1. The van der Waals surface area contributed by atoms with Crippen LogP contribution >= 0.6 is 0 Å². The highest BCUT2D eigenvalue weighted by Crippen LogP contribution is 2.27. The Hall–Kier alpha value is -2.76. The molecular formula is C18H23N3O3. The second kappa shape index (κ2) is 8.76. The molecule has 2 N–H and O–H groups in total. The molecule has 0 saturated heterocycles. The number of carbonyl (C=O) groups excluding carboxylic acids is 1. The molecule has 1 aromatic carbocycles. The molecule has 6 nitrogen and oxygen atoms in total. The molecule has 1 heterocycles.